The molecule has 1 aliphatic rings. The lowest BCUT2D eigenvalue weighted by Gasteiger charge is -2.30. The summed E-state index contributed by atoms with van der Waals surface area (Å²) >= 11 is 0. The largest absolute Gasteiger partial charge is 0.495 e. The minimum atomic E-state index is -3.57. The number of hydrogen-bond donors (Lipinski definition) is 2. The summed E-state index contributed by atoms with van der Waals surface area (Å²) in [5.41, 5.74) is 6.85. The standard InChI is InChI=1S/C21H31N5O6S2/c1-13(2)15-10-17(31-3)19(33(4,27)28)11-16(15)32-18-12-23-21(25-20(18)22)24-14-6-8-26(9-7-14)34(5,29)30/h10-14H,6-9H2,1-5H3,(H3,22,23,24,25). The van der Waals surface area contributed by atoms with E-state index in [1.165, 1.54) is 29.9 Å². The number of piperidine rings is 1. The lowest BCUT2D eigenvalue weighted by molar-refractivity contribution is 0.331. The molecule has 0 atom stereocenters. The number of anilines is 2. The molecule has 3 rings (SSSR count). The molecule has 0 radical (unpaired) electrons. The van der Waals surface area contributed by atoms with E-state index in [9.17, 15) is 16.8 Å². The first-order chi connectivity index (χ1) is 15.8. The molecule has 11 nitrogen and oxygen atoms in total. The van der Waals surface area contributed by atoms with Gasteiger partial charge >= 0.3 is 0 Å². The lowest BCUT2D eigenvalue weighted by Crippen LogP contribution is -2.42. The van der Waals surface area contributed by atoms with Gasteiger partial charge in [0, 0.05) is 37.0 Å². The van der Waals surface area contributed by atoms with Crippen molar-refractivity contribution >= 4 is 31.6 Å². The maximum absolute atomic E-state index is 12.2. The third kappa shape index (κ3) is 6.07. The third-order valence-electron chi connectivity index (χ3n) is 5.58. The summed E-state index contributed by atoms with van der Waals surface area (Å²) in [5.74, 6) is 1.14. The molecule has 1 saturated heterocycles. The van der Waals surface area contributed by atoms with Crippen LogP contribution in [-0.2, 0) is 19.9 Å². The molecule has 0 saturated carbocycles. The Morgan fingerprint density at radius 2 is 1.74 bits per heavy atom. The van der Waals surface area contributed by atoms with E-state index >= 15 is 0 Å². The number of nitrogens with zero attached hydrogens (tertiary/aromatic N) is 3. The predicted molar refractivity (Wildman–Crippen MR) is 130 cm³/mol. The zero-order valence-electron chi connectivity index (χ0n) is 19.9. The third-order valence-corrected chi connectivity index (χ3v) is 8.00. The second kappa shape index (κ2) is 9.92. The van der Waals surface area contributed by atoms with Crippen LogP contribution in [0.25, 0.3) is 0 Å². The van der Waals surface area contributed by atoms with Gasteiger partial charge in [-0.25, -0.2) is 26.1 Å². The number of sulfone groups is 1. The summed E-state index contributed by atoms with van der Waals surface area (Å²) in [5, 5.41) is 3.18. The molecule has 1 aromatic heterocycles. The highest BCUT2D eigenvalue weighted by Gasteiger charge is 2.26. The van der Waals surface area contributed by atoms with E-state index in [0.717, 1.165) is 11.8 Å². The number of rotatable bonds is 8. The molecule has 1 fully saturated rings. The summed E-state index contributed by atoms with van der Waals surface area (Å²) < 4.78 is 60.5. The monoisotopic (exact) mass is 513 g/mol. The van der Waals surface area contributed by atoms with E-state index in [0.29, 0.717) is 37.6 Å². The average molecular weight is 514 g/mol. The first-order valence-corrected chi connectivity index (χ1v) is 14.5. The number of ether oxygens (including phenoxy) is 2. The molecule has 0 spiro atoms. The first-order valence-electron chi connectivity index (χ1n) is 10.7. The number of sulfonamides is 1. The number of nitrogens with one attached hydrogen (secondary N) is 1. The van der Waals surface area contributed by atoms with Crippen LogP contribution < -0.4 is 20.5 Å². The van der Waals surface area contributed by atoms with Crippen LogP contribution in [0, 0.1) is 0 Å². The topological polar surface area (TPSA) is 154 Å². The molecule has 0 amide bonds. The second-order valence-electron chi connectivity index (χ2n) is 8.59. The van der Waals surface area contributed by atoms with Crippen LogP contribution in [0.15, 0.2) is 23.2 Å². The number of nitrogen functional groups attached to an aromatic ring is 1. The van der Waals surface area contributed by atoms with Crippen LogP contribution in [0.3, 0.4) is 0 Å². The molecule has 3 N–H and O–H groups in total. The minimum absolute atomic E-state index is 0.00705. The molecular weight excluding hydrogens is 482 g/mol. The number of methoxy groups -OCH3 is 1. The van der Waals surface area contributed by atoms with Crippen LogP contribution in [0.1, 0.15) is 38.2 Å². The van der Waals surface area contributed by atoms with Gasteiger partial charge in [-0.1, -0.05) is 13.8 Å². The Morgan fingerprint density at radius 3 is 2.24 bits per heavy atom. The van der Waals surface area contributed by atoms with Gasteiger partial charge < -0.3 is 20.5 Å². The number of hydrogen-bond acceptors (Lipinski definition) is 10. The van der Waals surface area contributed by atoms with Crippen molar-refractivity contribution in [1.82, 2.24) is 14.3 Å². The van der Waals surface area contributed by atoms with Crippen molar-refractivity contribution in [2.45, 2.75) is 43.5 Å². The fourth-order valence-corrected chi connectivity index (χ4v) is 5.41. The smallest absolute Gasteiger partial charge is 0.225 e. The van der Waals surface area contributed by atoms with Crippen LogP contribution in [-0.4, -0.2) is 69.9 Å². The van der Waals surface area contributed by atoms with Crippen molar-refractivity contribution in [2.75, 3.05) is 43.8 Å². The Kier molecular flexibility index (Phi) is 7.58. The highest BCUT2D eigenvalue weighted by atomic mass is 32.2. The summed E-state index contributed by atoms with van der Waals surface area (Å²) in [6, 6.07) is 3.08. The van der Waals surface area contributed by atoms with Gasteiger partial charge in [0.2, 0.25) is 16.0 Å². The predicted octanol–water partition coefficient (Wildman–Crippen LogP) is 2.22. The van der Waals surface area contributed by atoms with Gasteiger partial charge in [-0.15, -0.1) is 0 Å². The molecular formula is C21H31N5O6S2. The Bertz CT molecular complexity index is 1260. The van der Waals surface area contributed by atoms with Gasteiger partial charge in [0.25, 0.3) is 0 Å². The Morgan fingerprint density at radius 1 is 1.09 bits per heavy atom. The van der Waals surface area contributed by atoms with Crippen molar-refractivity contribution in [3.05, 3.63) is 23.9 Å². The van der Waals surface area contributed by atoms with Crippen LogP contribution in [0.4, 0.5) is 11.8 Å². The zero-order valence-corrected chi connectivity index (χ0v) is 21.5. The van der Waals surface area contributed by atoms with Gasteiger partial charge in [0.1, 0.15) is 16.4 Å². The van der Waals surface area contributed by atoms with E-state index in [-0.39, 0.29) is 34.2 Å². The molecule has 13 heteroatoms. The van der Waals surface area contributed by atoms with Gasteiger partial charge in [-0.2, -0.15) is 4.98 Å². The van der Waals surface area contributed by atoms with Crippen molar-refractivity contribution in [3.8, 4) is 17.2 Å². The van der Waals surface area contributed by atoms with E-state index < -0.39 is 19.9 Å². The molecule has 34 heavy (non-hydrogen) atoms. The Labute approximate surface area is 200 Å². The highest BCUT2D eigenvalue weighted by Crippen LogP contribution is 2.39. The van der Waals surface area contributed by atoms with E-state index in [2.05, 4.69) is 15.3 Å². The summed E-state index contributed by atoms with van der Waals surface area (Å²) in [4.78, 5) is 8.55. The molecule has 1 aliphatic heterocycles. The van der Waals surface area contributed by atoms with Crippen molar-refractivity contribution < 1.29 is 26.3 Å². The van der Waals surface area contributed by atoms with E-state index in [4.69, 9.17) is 15.2 Å². The van der Waals surface area contributed by atoms with E-state index in [1.807, 2.05) is 13.8 Å². The fraction of sp³-hybridized carbons (Fsp3) is 0.524. The van der Waals surface area contributed by atoms with Crippen molar-refractivity contribution in [2.24, 2.45) is 0 Å². The minimum Gasteiger partial charge on any atom is -0.495 e. The van der Waals surface area contributed by atoms with Crippen molar-refractivity contribution in [1.29, 1.82) is 0 Å². The van der Waals surface area contributed by atoms with E-state index in [1.54, 1.807) is 6.07 Å². The maximum atomic E-state index is 12.2. The van der Waals surface area contributed by atoms with Gasteiger partial charge in [-0.3, -0.25) is 0 Å². The zero-order chi connectivity index (χ0) is 25.3. The molecule has 2 heterocycles. The molecule has 0 unspecified atom stereocenters. The summed E-state index contributed by atoms with van der Waals surface area (Å²) in [6.45, 7) is 4.74. The van der Waals surface area contributed by atoms with Gasteiger partial charge in [-0.05, 0) is 24.8 Å². The molecule has 2 aromatic rings. The highest BCUT2D eigenvalue weighted by molar-refractivity contribution is 7.90. The molecule has 188 valence electrons. The summed E-state index contributed by atoms with van der Waals surface area (Å²) in [7, 11) is -5.35. The summed E-state index contributed by atoms with van der Waals surface area (Å²) in [6.07, 6.45) is 4.96. The van der Waals surface area contributed by atoms with Gasteiger partial charge in [0.05, 0.1) is 19.6 Å². The number of nitrogens with two attached hydrogens (primary N) is 1. The number of benzene rings is 1. The second-order valence-corrected chi connectivity index (χ2v) is 12.6. The molecule has 1 aromatic carbocycles. The molecule has 0 bridgehead atoms. The fourth-order valence-electron chi connectivity index (χ4n) is 3.71. The van der Waals surface area contributed by atoms with Crippen molar-refractivity contribution in [3.63, 3.8) is 0 Å². The van der Waals surface area contributed by atoms with Crippen LogP contribution in [0.2, 0.25) is 0 Å². The number of aromatic nitrogens is 2. The normalized spacial score (nSPS) is 15.9. The molecule has 0 aliphatic carbocycles. The average Bonchev–Trinajstić information content (AvgIpc) is 2.74. The van der Waals surface area contributed by atoms with Crippen LogP contribution in [0.5, 0.6) is 17.2 Å². The Hall–Kier alpha value is -2.64. The Balaban J connectivity index is 1.81. The SMILES string of the molecule is COc1cc(C(C)C)c(Oc2cnc(NC3CCN(S(C)(=O)=O)CC3)nc2N)cc1S(C)(=O)=O. The van der Waals surface area contributed by atoms with Crippen LogP contribution >= 0.6 is 0 Å². The lowest BCUT2D eigenvalue weighted by atomic mass is 10.0. The van der Waals surface area contributed by atoms with Gasteiger partial charge in [0.15, 0.2) is 21.4 Å². The quantitative estimate of drug-likeness (QED) is 0.537. The first kappa shape index (κ1) is 26.0. The maximum Gasteiger partial charge on any atom is 0.225 e.